The molecular formula is C28H32N6O7. The van der Waals surface area contributed by atoms with E-state index >= 15 is 0 Å². The molecule has 0 spiro atoms. The first kappa shape index (κ1) is 28.2. The minimum absolute atomic E-state index is 0.0517. The van der Waals surface area contributed by atoms with Crippen LogP contribution in [0.5, 0.6) is 0 Å². The van der Waals surface area contributed by atoms with E-state index in [9.17, 15) is 19.8 Å². The Balaban J connectivity index is 1.72. The van der Waals surface area contributed by atoms with Crippen molar-refractivity contribution in [2.45, 2.75) is 50.5 Å². The number of aromatic nitrogens is 4. The lowest BCUT2D eigenvalue weighted by molar-refractivity contribution is -0.141. The van der Waals surface area contributed by atoms with Gasteiger partial charge >= 0.3 is 11.8 Å². The maximum atomic E-state index is 13.2. The summed E-state index contributed by atoms with van der Waals surface area (Å²) in [5.74, 6) is -1.44. The minimum atomic E-state index is -1.55. The number of H-pyrrole nitrogens is 1. The molecule has 13 heteroatoms. The number of carbonyl (C=O) groups is 1. The fraction of sp³-hybridized carbons (Fsp3) is 0.393. The maximum absolute atomic E-state index is 13.2. The molecule has 1 fully saturated rings. The van der Waals surface area contributed by atoms with Crippen molar-refractivity contribution in [3.63, 3.8) is 0 Å². The molecule has 1 aliphatic rings. The molecule has 3 heterocycles. The number of ether oxygens (including phenoxy) is 1. The number of aryl methyl sites for hydroxylation is 1. The minimum Gasteiger partial charge on any atom is -0.480 e. The zero-order valence-corrected chi connectivity index (χ0v) is 23.6. The predicted octanol–water partition coefficient (Wildman–Crippen LogP) is 2.62. The number of tetrazole rings is 1. The summed E-state index contributed by atoms with van der Waals surface area (Å²) in [4.78, 5) is 28.6. The zero-order valence-electron chi connectivity index (χ0n) is 23.6. The van der Waals surface area contributed by atoms with E-state index in [0.717, 1.165) is 16.7 Å². The molecule has 0 bridgehead atoms. The van der Waals surface area contributed by atoms with Gasteiger partial charge in [-0.15, -0.1) is 5.10 Å². The highest BCUT2D eigenvalue weighted by molar-refractivity contribution is 5.85. The number of hydrogen-bond donors (Lipinski definition) is 3. The number of likely N-dealkylation sites (N-methyl/N-ethyl adjacent to an activating group) is 1. The van der Waals surface area contributed by atoms with Crippen molar-refractivity contribution in [2.24, 2.45) is 0 Å². The fourth-order valence-electron chi connectivity index (χ4n) is 6.26. The van der Waals surface area contributed by atoms with Crippen LogP contribution in [0.1, 0.15) is 32.3 Å². The third-order valence-electron chi connectivity index (χ3n) is 8.19. The summed E-state index contributed by atoms with van der Waals surface area (Å²) in [5.41, 5.74) is -1.47. The summed E-state index contributed by atoms with van der Waals surface area (Å²) in [6.07, 6.45) is 0. The molecule has 216 valence electrons. The van der Waals surface area contributed by atoms with Gasteiger partial charge in [0.2, 0.25) is 0 Å². The van der Waals surface area contributed by atoms with Gasteiger partial charge in [-0.1, -0.05) is 36.4 Å². The second-order valence-electron chi connectivity index (χ2n) is 10.8. The number of benzene rings is 2. The Morgan fingerprint density at radius 2 is 1.80 bits per heavy atom. The fourth-order valence-corrected chi connectivity index (χ4v) is 6.26. The number of aliphatic hydroxyl groups is 1. The Bertz CT molecular complexity index is 1610. The molecule has 1 aliphatic heterocycles. The molecule has 0 radical (unpaired) electrons. The second kappa shape index (κ2) is 9.94. The largest absolute Gasteiger partial charge is 0.519 e. The maximum Gasteiger partial charge on any atom is 0.519 e. The smallest absolute Gasteiger partial charge is 0.480 e. The molecule has 2 aromatic carbocycles. The molecule has 2 aromatic heterocycles. The molecule has 13 nitrogen and oxygen atoms in total. The monoisotopic (exact) mass is 564 g/mol. The summed E-state index contributed by atoms with van der Waals surface area (Å²) in [7, 11) is 3.15. The quantitative estimate of drug-likeness (QED) is 0.286. The van der Waals surface area contributed by atoms with E-state index in [4.69, 9.17) is 13.6 Å². The van der Waals surface area contributed by atoms with Crippen molar-refractivity contribution in [3.05, 3.63) is 70.7 Å². The van der Waals surface area contributed by atoms with Crippen LogP contribution in [0.15, 0.2) is 62.2 Å². The molecule has 5 rings (SSSR count). The van der Waals surface area contributed by atoms with Gasteiger partial charge in [0.15, 0.2) is 17.6 Å². The standard InChI is InChI=1S/C28H32N6O7/c1-16-22(41-25(37)40-16)27(4)21(24(35)36)34(28(15-39-6,33(27)5)26(2,3)38)18-13-11-17(12-14-18)19-9-7-8-10-20(19)23-29-31-32-30-23/h7-14,21,38H,15H2,1-6H3,(H,35,36)(H,29,30,31,32). The molecule has 0 saturated carbocycles. The van der Waals surface area contributed by atoms with E-state index in [2.05, 4.69) is 20.6 Å². The highest BCUT2D eigenvalue weighted by atomic mass is 16.6. The van der Waals surface area contributed by atoms with Gasteiger partial charge in [0, 0.05) is 18.4 Å². The molecule has 3 N–H and O–H groups in total. The number of aliphatic carboxylic acids is 1. The van der Waals surface area contributed by atoms with Gasteiger partial charge < -0.3 is 28.7 Å². The lowest BCUT2D eigenvalue weighted by atomic mass is 9.86. The van der Waals surface area contributed by atoms with E-state index in [0.29, 0.717) is 11.5 Å². The molecule has 4 aromatic rings. The first-order valence-electron chi connectivity index (χ1n) is 12.9. The van der Waals surface area contributed by atoms with Crippen molar-refractivity contribution in [3.8, 4) is 22.5 Å². The van der Waals surface area contributed by atoms with Gasteiger partial charge in [-0.05, 0) is 68.4 Å². The number of nitrogens with one attached hydrogen (secondary N) is 1. The number of aromatic amines is 1. The van der Waals surface area contributed by atoms with E-state index in [1.807, 2.05) is 36.4 Å². The predicted molar refractivity (Wildman–Crippen MR) is 147 cm³/mol. The van der Waals surface area contributed by atoms with Crippen LogP contribution in [0.25, 0.3) is 22.5 Å². The normalized spacial score (nSPS) is 23.3. The van der Waals surface area contributed by atoms with Gasteiger partial charge in [0.05, 0.1) is 12.2 Å². The van der Waals surface area contributed by atoms with Crippen LogP contribution in [0.2, 0.25) is 0 Å². The van der Waals surface area contributed by atoms with Crippen LogP contribution in [0.3, 0.4) is 0 Å². The van der Waals surface area contributed by atoms with Gasteiger partial charge in [0.25, 0.3) is 0 Å². The van der Waals surface area contributed by atoms with Gasteiger partial charge in [-0.25, -0.2) is 14.7 Å². The zero-order chi connectivity index (χ0) is 29.7. The highest BCUT2D eigenvalue weighted by Crippen LogP contribution is 2.54. The summed E-state index contributed by atoms with van der Waals surface area (Å²) < 4.78 is 16.3. The summed E-state index contributed by atoms with van der Waals surface area (Å²) in [5, 5.41) is 36.6. The Hall–Kier alpha value is -4.33. The van der Waals surface area contributed by atoms with Crippen LogP contribution in [-0.2, 0) is 15.1 Å². The lowest BCUT2D eigenvalue weighted by Crippen LogP contribution is -2.69. The molecule has 3 unspecified atom stereocenters. The van der Waals surface area contributed by atoms with Crippen LogP contribution in [0.4, 0.5) is 5.69 Å². The van der Waals surface area contributed by atoms with Crippen molar-refractivity contribution < 1.29 is 28.6 Å². The van der Waals surface area contributed by atoms with E-state index in [1.54, 1.807) is 56.7 Å². The number of carboxylic acid groups (broad SMARTS) is 1. The molecule has 0 amide bonds. The van der Waals surface area contributed by atoms with Crippen LogP contribution in [0, 0.1) is 6.92 Å². The van der Waals surface area contributed by atoms with Crippen molar-refractivity contribution in [1.29, 1.82) is 0 Å². The van der Waals surface area contributed by atoms with Crippen LogP contribution in [-0.4, -0.2) is 79.8 Å². The first-order valence-corrected chi connectivity index (χ1v) is 12.9. The number of methoxy groups -OCH3 is 1. The summed E-state index contributed by atoms with van der Waals surface area (Å²) >= 11 is 0. The number of carboxylic acids is 1. The highest BCUT2D eigenvalue weighted by Gasteiger charge is 2.71. The summed E-state index contributed by atoms with van der Waals surface area (Å²) in [6.45, 7) is 6.29. The van der Waals surface area contributed by atoms with E-state index in [-0.39, 0.29) is 18.1 Å². The van der Waals surface area contributed by atoms with Crippen molar-refractivity contribution in [1.82, 2.24) is 25.5 Å². The lowest BCUT2D eigenvalue weighted by Gasteiger charge is -2.51. The van der Waals surface area contributed by atoms with Crippen LogP contribution >= 0.6 is 0 Å². The Labute approximate surface area is 235 Å². The van der Waals surface area contributed by atoms with Gasteiger partial charge in [0.1, 0.15) is 17.0 Å². The van der Waals surface area contributed by atoms with Crippen molar-refractivity contribution in [2.75, 3.05) is 25.7 Å². The number of rotatable bonds is 8. The molecule has 41 heavy (non-hydrogen) atoms. The third kappa shape index (κ3) is 4.15. The number of hydrogen-bond acceptors (Lipinski definition) is 11. The van der Waals surface area contributed by atoms with Crippen LogP contribution < -0.4 is 10.7 Å². The molecule has 1 saturated heterocycles. The van der Waals surface area contributed by atoms with E-state index in [1.165, 1.54) is 7.11 Å². The van der Waals surface area contributed by atoms with Crippen molar-refractivity contribution >= 4 is 11.7 Å². The second-order valence-corrected chi connectivity index (χ2v) is 10.8. The first-order chi connectivity index (χ1) is 19.4. The Morgan fingerprint density at radius 1 is 1.15 bits per heavy atom. The average Bonchev–Trinajstić information content (AvgIpc) is 3.62. The van der Waals surface area contributed by atoms with Gasteiger partial charge in [-0.3, -0.25) is 4.90 Å². The SMILES string of the molecule is COCC1(C(C)(C)O)N(c2ccc(-c3ccccc3-c3nnn[nH]3)cc2)C(C(=O)O)C(C)(c2oc(=O)oc2C)N1C. The molecule has 3 atom stereocenters. The average molecular weight is 565 g/mol. The topological polar surface area (TPSA) is 171 Å². The molecular weight excluding hydrogens is 532 g/mol. The third-order valence-corrected chi connectivity index (χ3v) is 8.19. The number of nitrogens with zero attached hydrogens (tertiary/aromatic N) is 5. The number of anilines is 1. The summed E-state index contributed by atoms with van der Waals surface area (Å²) in [6, 6.07) is 13.6. The van der Waals surface area contributed by atoms with Gasteiger partial charge in [-0.2, -0.15) is 0 Å². The van der Waals surface area contributed by atoms with E-state index < -0.39 is 34.6 Å². The Kier molecular flexibility index (Phi) is 6.84. The Morgan fingerprint density at radius 3 is 2.32 bits per heavy atom. The molecule has 0 aliphatic carbocycles.